The maximum atomic E-state index is 13.2. The predicted octanol–water partition coefficient (Wildman–Crippen LogP) is 3.84. The number of anilines is 1. The molecule has 3 rings (SSSR count). The summed E-state index contributed by atoms with van der Waals surface area (Å²) in [5.41, 5.74) is 1.96. The monoisotopic (exact) mass is 457 g/mol. The predicted molar refractivity (Wildman–Crippen MR) is 123 cm³/mol. The van der Waals surface area contributed by atoms with Crippen molar-refractivity contribution in [1.82, 2.24) is 9.97 Å². The van der Waals surface area contributed by atoms with Gasteiger partial charge in [-0.05, 0) is 38.0 Å². The summed E-state index contributed by atoms with van der Waals surface area (Å²) >= 11 is 1.49. The van der Waals surface area contributed by atoms with Crippen LogP contribution in [-0.4, -0.2) is 41.4 Å². The van der Waals surface area contributed by atoms with E-state index in [1.54, 1.807) is 38.1 Å². The lowest BCUT2D eigenvalue weighted by Gasteiger charge is -2.28. The average Bonchev–Trinajstić information content (AvgIpc) is 2.78. The Bertz CT molecular complexity index is 1090. The van der Waals surface area contributed by atoms with Crippen LogP contribution in [0.1, 0.15) is 61.0 Å². The van der Waals surface area contributed by atoms with Crippen molar-refractivity contribution in [3.8, 4) is 0 Å². The number of esters is 2. The first-order valence-electron chi connectivity index (χ1n) is 10.5. The van der Waals surface area contributed by atoms with Gasteiger partial charge in [-0.2, -0.15) is 0 Å². The molecule has 2 aromatic rings. The molecule has 1 aromatic heterocycles. The molecule has 0 radical (unpaired) electrons. The summed E-state index contributed by atoms with van der Waals surface area (Å²) in [6, 6.07) is 6.64. The second-order valence-electron chi connectivity index (χ2n) is 7.27. The van der Waals surface area contributed by atoms with Crippen LogP contribution in [0.5, 0.6) is 0 Å². The largest absolute Gasteiger partial charge is 0.465 e. The minimum atomic E-state index is -0.692. The van der Waals surface area contributed by atoms with E-state index < -0.39 is 17.9 Å². The van der Waals surface area contributed by atoms with Crippen LogP contribution < -0.4 is 10.9 Å². The molecule has 0 fully saturated rings. The highest BCUT2D eigenvalue weighted by Crippen LogP contribution is 2.40. The number of hydrogen-bond acceptors (Lipinski definition) is 8. The number of aromatic amines is 1. The van der Waals surface area contributed by atoms with E-state index in [0.29, 0.717) is 38.9 Å². The number of ether oxygens (including phenoxy) is 2. The van der Waals surface area contributed by atoms with Crippen LogP contribution in [-0.2, 0) is 14.3 Å². The molecule has 0 unspecified atom stereocenters. The van der Waals surface area contributed by atoms with E-state index in [9.17, 15) is 14.4 Å². The van der Waals surface area contributed by atoms with Gasteiger partial charge in [-0.1, -0.05) is 37.2 Å². The Labute approximate surface area is 190 Å². The van der Waals surface area contributed by atoms with E-state index in [4.69, 9.17) is 9.47 Å². The molecule has 32 heavy (non-hydrogen) atoms. The molecule has 2 heterocycles. The summed E-state index contributed by atoms with van der Waals surface area (Å²) in [6.45, 7) is 5.80. The van der Waals surface area contributed by atoms with Crippen molar-refractivity contribution in [1.29, 1.82) is 0 Å². The fourth-order valence-electron chi connectivity index (χ4n) is 3.55. The molecule has 8 nitrogen and oxygen atoms in total. The summed E-state index contributed by atoms with van der Waals surface area (Å²) in [5.74, 6) is -0.401. The summed E-state index contributed by atoms with van der Waals surface area (Å²) in [7, 11) is 1.31. The van der Waals surface area contributed by atoms with Gasteiger partial charge in [0, 0.05) is 11.4 Å². The van der Waals surface area contributed by atoms with Gasteiger partial charge >= 0.3 is 11.9 Å². The second-order valence-corrected chi connectivity index (χ2v) is 8.35. The number of methoxy groups -OCH3 is 1. The van der Waals surface area contributed by atoms with E-state index >= 15 is 0 Å². The molecule has 0 bridgehead atoms. The number of benzene rings is 1. The molecule has 1 aromatic carbocycles. The number of carbonyl (C=O) groups is 2. The zero-order valence-corrected chi connectivity index (χ0v) is 19.4. The number of H-pyrrole nitrogens is 1. The fourth-order valence-corrected chi connectivity index (χ4v) is 4.50. The molecule has 9 heteroatoms. The van der Waals surface area contributed by atoms with Crippen LogP contribution >= 0.6 is 11.8 Å². The molecule has 2 N–H and O–H groups in total. The van der Waals surface area contributed by atoms with Gasteiger partial charge in [-0.3, -0.25) is 4.79 Å². The van der Waals surface area contributed by atoms with E-state index in [1.165, 1.54) is 18.9 Å². The normalized spacial score (nSPS) is 15.1. The number of carbonyl (C=O) groups excluding carboxylic acids is 2. The van der Waals surface area contributed by atoms with Crippen LogP contribution in [0.2, 0.25) is 0 Å². The van der Waals surface area contributed by atoms with Gasteiger partial charge in [-0.15, -0.1) is 0 Å². The van der Waals surface area contributed by atoms with Gasteiger partial charge in [0.25, 0.3) is 5.56 Å². The van der Waals surface area contributed by atoms with Crippen molar-refractivity contribution in [2.45, 2.75) is 44.7 Å². The van der Waals surface area contributed by atoms with Gasteiger partial charge in [0.05, 0.1) is 36.3 Å². The first kappa shape index (κ1) is 23.6. The number of thioether (sulfide) groups is 1. The topological polar surface area (TPSA) is 110 Å². The molecular formula is C23H27N3O5S. The number of nitrogens with zero attached hydrogens (tertiary/aromatic N) is 1. The number of fused-ring (bicyclic) bond motifs is 1. The number of unbranched alkanes of at least 4 members (excludes halogenated alkanes) is 1. The van der Waals surface area contributed by atoms with Crippen molar-refractivity contribution in [2.24, 2.45) is 0 Å². The first-order valence-corrected chi connectivity index (χ1v) is 11.5. The summed E-state index contributed by atoms with van der Waals surface area (Å²) in [4.78, 5) is 45.3. The van der Waals surface area contributed by atoms with E-state index in [1.807, 2.05) is 0 Å². The van der Waals surface area contributed by atoms with Crippen LogP contribution in [0.25, 0.3) is 0 Å². The van der Waals surface area contributed by atoms with Crippen LogP contribution in [0.4, 0.5) is 5.82 Å². The molecular weight excluding hydrogens is 430 g/mol. The number of aromatic nitrogens is 2. The van der Waals surface area contributed by atoms with Crippen LogP contribution in [0.3, 0.4) is 0 Å². The van der Waals surface area contributed by atoms with Gasteiger partial charge in [-0.25, -0.2) is 14.6 Å². The smallest absolute Gasteiger partial charge is 0.337 e. The summed E-state index contributed by atoms with van der Waals surface area (Å²) in [6.07, 6.45) is 2.06. The molecule has 1 aliphatic rings. The Hall–Kier alpha value is -3.07. The second kappa shape index (κ2) is 10.5. The lowest BCUT2D eigenvalue weighted by Crippen LogP contribution is -2.31. The van der Waals surface area contributed by atoms with Crippen molar-refractivity contribution in [3.05, 3.63) is 62.6 Å². The standard InChI is InChI=1S/C23H27N3O5S/c1-5-7-12-32-23-25-19-18(20(27)26-23)17(16(13(3)24-19)22(29)31-6-2)14-8-10-15(11-9-14)21(28)30-4/h8-11,17H,5-7,12H2,1-4H3,(H2,24,25,26,27)/t17-/m1/s1. The molecule has 1 aliphatic heterocycles. The minimum absolute atomic E-state index is 0.206. The van der Waals surface area contributed by atoms with Crippen molar-refractivity contribution in [2.75, 3.05) is 24.8 Å². The Morgan fingerprint density at radius 1 is 1.16 bits per heavy atom. The molecule has 0 aliphatic carbocycles. The van der Waals surface area contributed by atoms with Crippen molar-refractivity contribution >= 4 is 29.5 Å². The van der Waals surface area contributed by atoms with Crippen LogP contribution in [0, 0.1) is 0 Å². The third-order valence-corrected chi connectivity index (χ3v) is 6.08. The quantitative estimate of drug-likeness (QED) is 0.266. The Balaban J connectivity index is 2.12. The van der Waals surface area contributed by atoms with Crippen LogP contribution in [0.15, 0.2) is 45.5 Å². The maximum absolute atomic E-state index is 13.2. The maximum Gasteiger partial charge on any atom is 0.337 e. The van der Waals surface area contributed by atoms with Crippen molar-refractivity contribution < 1.29 is 19.1 Å². The molecule has 170 valence electrons. The Morgan fingerprint density at radius 3 is 2.50 bits per heavy atom. The number of rotatable bonds is 8. The first-order chi connectivity index (χ1) is 15.4. The third-order valence-electron chi connectivity index (χ3n) is 5.12. The molecule has 0 spiro atoms. The molecule has 0 saturated carbocycles. The van der Waals surface area contributed by atoms with Gasteiger partial charge in [0.2, 0.25) is 0 Å². The lowest BCUT2D eigenvalue weighted by atomic mass is 9.82. The highest BCUT2D eigenvalue weighted by atomic mass is 32.2. The average molecular weight is 458 g/mol. The lowest BCUT2D eigenvalue weighted by molar-refractivity contribution is -0.138. The van der Waals surface area contributed by atoms with Gasteiger partial charge in [0.15, 0.2) is 5.16 Å². The molecule has 1 atom stereocenters. The van der Waals surface area contributed by atoms with Crippen molar-refractivity contribution in [3.63, 3.8) is 0 Å². The zero-order chi connectivity index (χ0) is 23.3. The highest BCUT2D eigenvalue weighted by molar-refractivity contribution is 7.99. The third kappa shape index (κ3) is 4.88. The summed E-state index contributed by atoms with van der Waals surface area (Å²) < 4.78 is 10.0. The SMILES string of the molecule is CCCCSc1nc2c(c(=O)[nH]1)[C@H](c1ccc(C(=O)OC)cc1)C(C(=O)OCC)=C(C)N2. The Morgan fingerprint density at radius 2 is 1.88 bits per heavy atom. The van der Waals surface area contributed by atoms with E-state index in [-0.39, 0.29) is 12.2 Å². The minimum Gasteiger partial charge on any atom is -0.465 e. The zero-order valence-electron chi connectivity index (χ0n) is 18.6. The molecule has 0 amide bonds. The molecule has 0 saturated heterocycles. The van der Waals surface area contributed by atoms with E-state index in [2.05, 4.69) is 22.2 Å². The Kier molecular flexibility index (Phi) is 7.74. The number of nitrogens with one attached hydrogen (secondary N) is 2. The van der Waals surface area contributed by atoms with E-state index in [0.717, 1.165) is 18.6 Å². The van der Waals surface area contributed by atoms with Gasteiger partial charge in [0.1, 0.15) is 5.82 Å². The fraction of sp³-hybridized carbons (Fsp3) is 0.391. The number of hydrogen-bond donors (Lipinski definition) is 2. The summed E-state index contributed by atoms with van der Waals surface area (Å²) in [5, 5.41) is 3.65. The number of allylic oxidation sites excluding steroid dienone is 1. The van der Waals surface area contributed by atoms with Gasteiger partial charge < -0.3 is 19.8 Å². The highest BCUT2D eigenvalue weighted by Gasteiger charge is 2.36.